The molecular weight excluding hydrogens is 466 g/mol. The van der Waals surface area contributed by atoms with Gasteiger partial charge >= 0.3 is 0 Å². The minimum Gasteiger partial charge on any atom is -0.477 e. The molecule has 2 aliphatic rings. The number of carbonyl (C=O) groups is 2. The van der Waals surface area contributed by atoms with E-state index in [0.29, 0.717) is 23.5 Å². The van der Waals surface area contributed by atoms with Crippen LogP contribution in [0.4, 0.5) is 11.4 Å². The van der Waals surface area contributed by atoms with E-state index in [1.54, 1.807) is 42.5 Å². The van der Waals surface area contributed by atoms with Gasteiger partial charge < -0.3 is 15.0 Å². The van der Waals surface area contributed by atoms with Crippen LogP contribution in [0.25, 0.3) is 0 Å². The summed E-state index contributed by atoms with van der Waals surface area (Å²) in [5.41, 5.74) is 2.36. The summed E-state index contributed by atoms with van der Waals surface area (Å²) in [5, 5.41) is 2.55. The van der Waals surface area contributed by atoms with Crippen LogP contribution < -0.4 is 19.3 Å². The van der Waals surface area contributed by atoms with Gasteiger partial charge in [-0.05, 0) is 55.3 Å². The molecule has 2 heterocycles. The van der Waals surface area contributed by atoms with Gasteiger partial charge in [0.25, 0.3) is 21.8 Å². The van der Waals surface area contributed by atoms with Crippen molar-refractivity contribution in [3.8, 4) is 5.75 Å². The summed E-state index contributed by atoms with van der Waals surface area (Å²) in [4.78, 5) is 27.4. The Morgan fingerprint density at radius 2 is 1.69 bits per heavy atom. The van der Waals surface area contributed by atoms with E-state index in [0.717, 1.165) is 5.56 Å². The number of amides is 2. The lowest BCUT2D eigenvalue weighted by Crippen LogP contribution is -2.50. The summed E-state index contributed by atoms with van der Waals surface area (Å²) in [6.45, 7) is 1.87. The second kappa shape index (κ2) is 8.74. The number of rotatable bonds is 4. The summed E-state index contributed by atoms with van der Waals surface area (Å²) >= 11 is 0. The highest BCUT2D eigenvalue weighted by molar-refractivity contribution is 7.92. The van der Waals surface area contributed by atoms with Crippen molar-refractivity contribution >= 4 is 33.2 Å². The summed E-state index contributed by atoms with van der Waals surface area (Å²) in [6, 6.07) is 20.2. The minimum absolute atomic E-state index is 0.00301. The van der Waals surface area contributed by atoms with Crippen molar-refractivity contribution in [3.05, 3.63) is 83.9 Å². The number of hydrogen-bond acceptors (Lipinski definition) is 5. The fourth-order valence-electron chi connectivity index (χ4n) is 4.69. The third kappa shape index (κ3) is 3.91. The van der Waals surface area contributed by atoms with E-state index >= 15 is 0 Å². The third-order valence-corrected chi connectivity index (χ3v) is 8.26. The first kappa shape index (κ1) is 22.9. The van der Waals surface area contributed by atoms with Crippen LogP contribution in [0.15, 0.2) is 77.7 Å². The molecule has 0 aliphatic carbocycles. The van der Waals surface area contributed by atoms with Gasteiger partial charge in [0.05, 0.1) is 22.8 Å². The number of nitrogens with one attached hydrogen (secondary N) is 1. The molecule has 35 heavy (non-hydrogen) atoms. The molecule has 9 heteroatoms. The van der Waals surface area contributed by atoms with Crippen molar-refractivity contribution in [1.82, 2.24) is 5.32 Å². The molecule has 2 aliphatic heterocycles. The van der Waals surface area contributed by atoms with Crippen LogP contribution in [0.3, 0.4) is 0 Å². The Kier molecular flexibility index (Phi) is 5.72. The summed E-state index contributed by atoms with van der Waals surface area (Å²) in [5.74, 6) is -0.358. The van der Waals surface area contributed by atoms with E-state index in [4.69, 9.17) is 4.74 Å². The molecule has 5 rings (SSSR count). The van der Waals surface area contributed by atoms with E-state index in [9.17, 15) is 18.0 Å². The van der Waals surface area contributed by atoms with Gasteiger partial charge in [0.1, 0.15) is 5.75 Å². The van der Waals surface area contributed by atoms with E-state index in [1.165, 1.54) is 28.4 Å². The van der Waals surface area contributed by atoms with Gasteiger partial charge in [-0.1, -0.05) is 36.4 Å². The molecule has 3 aromatic carbocycles. The van der Waals surface area contributed by atoms with Gasteiger partial charge in [-0.15, -0.1) is 0 Å². The highest BCUT2D eigenvalue weighted by Gasteiger charge is 2.37. The Hall–Kier alpha value is -3.85. The molecular formula is C26H25N3O5S. The Morgan fingerprint density at radius 1 is 0.971 bits per heavy atom. The van der Waals surface area contributed by atoms with Crippen molar-refractivity contribution < 1.29 is 22.7 Å². The number of likely N-dealkylation sites (N-methyl/N-ethyl adjacent to an activating group) is 1. The first-order chi connectivity index (χ1) is 16.8. The monoisotopic (exact) mass is 491 g/mol. The predicted octanol–water partition coefficient (Wildman–Crippen LogP) is 2.98. The molecule has 2 atom stereocenters. The van der Waals surface area contributed by atoms with E-state index in [1.807, 2.05) is 25.1 Å². The Morgan fingerprint density at radius 3 is 2.46 bits per heavy atom. The molecule has 0 bridgehead atoms. The molecule has 0 fully saturated rings. The zero-order valence-electron chi connectivity index (χ0n) is 19.3. The van der Waals surface area contributed by atoms with E-state index < -0.39 is 22.0 Å². The summed E-state index contributed by atoms with van der Waals surface area (Å²) < 4.78 is 34.5. The van der Waals surface area contributed by atoms with E-state index in [2.05, 4.69) is 5.32 Å². The topological polar surface area (TPSA) is 96.0 Å². The Balaban J connectivity index is 1.51. The predicted molar refractivity (Wildman–Crippen MR) is 132 cm³/mol. The number of hydrogen-bond donors (Lipinski definition) is 1. The molecule has 2 amide bonds. The van der Waals surface area contributed by atoms with Gasteiger partial charge in [0.15, 0.2) is 6.10 Å². The second-order valence-electron chi connectivity index (χ2n) is 8.61. The van der Waals surface area contributed by atoms with Crippen LogP contribution in [-0.2, 0) is 21.2 Å². The highest BCUT2D eigenvalue weighted by atomic mass is 32.2. The molecule has 0 spiro atoms. The molecule has 180 valence electrons. The number of ether oxygens (including phenoxy) is 1. The lowest BCUT2D eigenvalue weighted by molar-refractivity contribution is -0.127. The van der Waals surface area contributed by atoms with Gasteiger partial charge in [-0.2, -0.15) is 0 Å². The highest BCUT2D eigenvalue weighted by Crippen LogP contribution is 2.37. The van der Waals surface area contributed by atoms with Crippen molar-refractivity contribution in [2.24, 2.45) is 0 Å². The summed E-state index contributed by atoms with van der Waals surface area (Å²) in [7, 11) is -2.40. The average Bonchev–Trinajstić information content (AvgIpc) is 3.23. The first-order valence-electron chi connectivity index (χ1n) is 11.3. The standard InChI is InChI=1S/C26H25N3O5S/c1-17-14-18-8-3-4-11-21(18)29(17)35(32,33)20-10-7-9-19(15-20)26(31)28-16-24(25(30)27-2)34-23-13-6-5-12-22(23)28/h3-13,15,17,24H,14,16H2,1-2H3,(H,27,30). The SMILES string of the molecule is CNC(=O)C1CN(C(=O)c2cccc(S(=O)(=O)N3c4ccccc4CC3C)c2)c2ccccc2O1. The molecule has 3 aromatic rings. The number of carbonyl (C=O) groups excluding carboxylic acids is 2. The largest absolute Gasteiger partial charge is 0.477 e. The quantitative estimate of drug-likeness (QED) is 0.605. The normalized spacial score (nSPS) is 18.9. The first-order valence-corrected chi connectivity index (χ1v) is 12.8. The van der Waals surface area contributed by atoms with Crippen LogP contribution in [0.1, 0.15) is 22.8 Å². The number of fused-ring (bicyclic) bond motifs is 2. The fourth-order valence-corrected chi connectivity index (χ4v) is 6.43. The van der Waals surface area contributed by atoms with Crippen molar-refractivity contribution in [3.63, 3.8) is 0 Å². The summed E-state index contributed by atoms with van der Waals surface area (Å²) in [6.07, 6.45) is -0.257. The van der Waals surface area contributed by atoms with Crippen molar-refractivity contribution in [1.29, 1.82) is 0 Å². The van der Waals surface area contributed by atoms with Crippen LogP contribution in [0.5, 0.6) is 5.75 Å². The average molecular weight is 492 g/mol. The Labute approximate surface area is 204 Å². The van der Waals surface area contributed by atoms with Gasteiger partial charge in [-0.25, -0.2) is 8.42 Å². The molecule has 0 aromatic heterocycles. The van der Waals surface area contributed by atoms with Gasteiger partial charge in [-0.3, -0.25) is 13.9 Å². The Bertz CT molecular complexity index is 1420. The zero-order chi connectivity index (χ0) is 24.7. The van der Waals surface area contributed by atoms with E-state index in [-0.39, 0.29) is 29.0 Å². The van der Waals surface area contributed by atoms with Crippen LogP contribution in [0, 0.1) is 0 Å². The molecule has 0 saturated carbocycles. The van der Waals surface area contributed by atoms with Crippen LogP contribution >= 0.6 is 0 Å². The molecule has 1 N–H and O–H groups in total. The second-order valence-corrected chi connectivity index (χ2v) is 10.4. The minimum atomic E-state index is -3.90. The molecule has 0 radical (unpaired) electrons. The number of para-hydroxylation sites is 3. The zero-order valence-corrected chi connectivity index (χ0v) is 20.2. The number of sulfonamides is 1. The maximum Gasteiger partial charge on any atom is 0.264 e. The van der Waals surface area contributed by atoms with Crippen LogP contribution in [0.2, 0.25) is 0 Å². The van der Waals surface area contributed by atoms with Crippen molar-refractivity contribution in [2.45, 2.75) is 30.4 Å². The fraction of sp³-hybridized carbons (Fsp3) is 0.231. The third-order valence-electron chi connectivity index (χ3n) is 6.34. The molecule has 0 saturated heterocycles. The van der Waals surface area contributed by atoms with Crippen LogP contribution in [-0.4, -0.2) is 46.0 Å². The molecule has 8 nitrogen and oxygen atoms in total. The number of anilines is 2. The maximum absolute atomic E-state index is 13.7. The van der Waals surface area contributed by atoms with Gasteiger partial charge in [0.2, 0.25) is 0 Å². The number of nitrogens with zero attached hydrogens (tertiary/aromatic N) is 2. The molecule has 2 unspecified atom stereocenters. The lowest BCUT2D eigenvalue weighted by atomic mass is 10.1. The lowest BCUT2D eigenvalue weighted by Gasteiger charge is -2.34. The van der Waals surface area contributed by atoms with Crippen molar-refractivity contribution in [2.75, 3.05) is 22.8 Å². The number of benzene rings is 3. The van der Waals surface area contributed by atoms with Gasteiger partial charge in [0, 0.05) is 18.7 Å². The smallest absolute Gasteiger partial charge is 0.264 e. The maximum atomic E-state index is 13.7.